The number of benzene rings is 3. The Morgan fingerprint density at radius 2 is 1.71 bits per heavy atom. The molecule has 1 amide bonds. The summed E-state index contributed by atoms with van der Waals surface area (Å²) in [5.74, 6) is -1.19. The first-order valence-corrected chi connectivity index (χ1v) is 11.8. The molecule has 0 aliphatic rings. The van der Waals surface area contributed by atoms with Gasteiger partial charge in [0.05, 0.1) is 16.5 Å². The normalized spacial score (nSPS) is 11.5. The third kappa shape index (κ3) is 6.13. The molecule has 31 heavy (non-hydrogen) atoms. The Morgan fingerprint density at radius 3 is 2.32 bits per heavy atom. The van der Waals surface area contributed by atoms with Crippen molar-refractivity contribution in [3.8, 4) is 0 Å². The van der Waals surface area contributed by atoms with E-state index in [1.165, 1.54) is 24.3 Å². The van der Waals surface area contributed by atoms with E-state index < -0.39 is 28.3 Å². The number of carbonyl (C=O) groups is 1. The van der Waals surface area contributed by atoms with Gasteiger partial charge in [-0.1, -0.05) is 57.4 Å². The molecule has 3 rings (SSSR count). The summed E-state index contributed by atoms with van der Waals surface area (Å²) in [7, 11) is -3.95. The van der Waals surface area contributed by atoms with Gasteiger partial charge in [-0.15, -0.1) is 0 Å². The lowest BCUT2D eigenvalue weighted by Gasteiger charge is -2.22. The third-order valence-corrected chi connectivity index (χ3v) is 7.08. The molecule has 0 aromatic heterocycles. The van der Waals surface area contributed by atoms with Gasteiger partial charge in [0.2, 0.25) is 15.9 Å². The summed E-state index contributed by atoms with van der Waals surface area (Å²) in [4.78, 5) is 12.7. The average molecular weight is 526 g/mol. The van der Waals surface area contributed by atoms with Crippen LogP contribution in [0, 0.1) is 12.7 Å². The van der Waals surface area contributed by atoms with Crippen molar-refractivity contribution in [1.29, 1.82) is 0 Å². The van der Waals surface area contributed by atoms with Gasteiger partial charge in [0.15, 0.2) is 0 Å². The molecule has 0 aliphatic heterocycles. The van der Waals surface area contributed by atoms with E-state index in [1.807, 2.05) is 6.92 Å². The second-order valence-corrected chi connectivity index (χ2v) is 10.2. The number of aryl methyl sites for hydroxylation is 1. The third-order valence-electron chi connectivity index (χ3n) is 4.45. The van der Waals surface area contributed by atoms with Crippen molar-refractivity contribution in [2.75, 3.05) is 11.9 Å². The molecule has 0 atom stereocenters. The maximum absolute atomic E-state index is 13.4. The van der Waals surface area contributed by atoms with E-state index in [1.54, 1.807) is 36.4 Å². The monoisotopic (exact) mass is 524 g/mol. The zero-order valence-corrected chi connectivity index (χ0v) is 19.6. The van der Waals surface area contributed by atoms with Crippen LogP contribution in [0.2, 0.25) is 5.02 Å². The summed E-state index contributed by atoms with van der Waals surface area (Å²) >= 11 is 9.10. The van der Waals surface area contributed by atoms with Gasteiger partial charge in [0.1, 0.15) is 5.82 Å². The van der Waals surface area contributed by atoms with Crippen LogP contribution in [0.4, 0.5) is 10.1 Å². The maximum Gasteiger partial charge on any atom is 0.243 e. The lowest BCUT2D eigenvalue weighted by molar-refractivity contribution is -0.116. The molecular formula is C22H19BrClFN2O3S. The summed E-state index contributed by atoms with van der Waals surface area (Å²) in [6.07, 6.45) is 0. The molecular weight excluding hydrogens is 507 g/mol. The fourth-order valence-electron chi connectivity index (χ4n) is 2.81. The fraction of sp³-hybridized carbons (Fsp3) is 0.136. The Labute approximate surface area is 194 Å². The van der Waals surface area contributed by atoms with Crippen molar-refractivity contribution in [2.24, 2.45) is 0 Å². The van der Waals surface area contributed by atoms with Crippen molar-refractivity contribution >= 4 is 49.1 Å². The summed E-state index contributed by atoms with van der Waals surface area (Å²) in [5, 5.41) is 2.42. The number of amides is 1. The number of carbonyl (C=O) groups excluding carboxylic acids is 1. The van der Waals surface area contributed by atoms with E-state index in [2.05, 4.69) is 21.2 Å². The molecule has 0 heterocycles. The molecule has 5 nitrogen and oxygen atoms in total. The van der Waals surface area contributed by atoms with Crippen LogP contribution in [0.5, 0.6) is 0 Å². The quantitative estimate of drug-likeness (QED) is 0.450. The number of halogens is 3. The number of nitrogens with zero attached hydrogens (tertiary/aromatic N) is 1. The lowest BCUT2D eigenvalue weighted by Crippen LogP contribution is -2.37. The van der Waals surface area contributed by atoms with Crippen molar-refractivity contribution in [3.63, 3.8) is 0 Å². The minimum absolute atomic E-state index is 0.00108. The fourth-order valence-corrected chi connectivity index (χ4v) is 4.64. The van der Waals surface area contributed by atoms with Crippen molar-refractivity contribution in [3.05, 3.63) is 93.2 Å². The molecule has 3 aromatic rings. The average Bonchev–Trinajstić information content (AvgIpc) is 2.72. The van der Waals surface area contributed by atoms with Gasteiger partial charge < -0.3 is 5.32 Å². The Morgan fingerprint density at radius 1 is 1.06 bits per heavy atom. The molecule has 0 bridgehead atoms. The standard InChI is InChI=1S/C22H19BrClFN2O3S/c1-15-2-9-19(10-3-15)31(29,30)27(13-16-4-6-17(23)7-5-16)14-22(28)26-18-8-11-21(25)20(24)12-18/h2-12H,13-14H2,1H3,(H,26,28). The van der Waals surface area contributed by atoms with Crippen LogP contribution >= 0.6 is 27.5 Å². The minimum atomic E-state index is -3.95. The molecule has 162 valence electrons. The number of anilines is 1. The van der Waals surface area contributed by atoms with E-state index in [0.717, 1.165) is 26.0 Å². The molecule has 0 radical (unpaired) electrons. The van der Waals surface area contributed by atoms with Gasteiger partial charge in [-0.2, -0.15) is 4.31 Å². The van der Waals surface area contributed by atoms with Gasteiger partial charge in [0, 0.05) is 16.7 Å². The van der Waals surface area contributed by atoms with E-state index in [-0.39, 0.29) is 22.2 Å². The predicted octanol–water partition coefficient (Wildman–Crippen LogP) is 5.38. The highest BCUT2D eigenvalue weighted by molar-refractivity contribution is 9.10. The Balaban J connectivity index is 1.87. The van der Waals surface area contributed by atoms with Gasteiger partial charge in [-0.25, -0.2) is 12.8 Å². The Kier molecular flexibility index (Phi) is 7.48. The van der Waals surface area contributed by atoms with Gasteiger partial charge in [0.25, 0.3) is 0 Å². The maximum atomic E-state index is 13.4. The highest BCUT2D eigenvalue weighted by atomic mass is 79.9. The molecule has 3 aromatic carbocycles. The van der Waals surface area contributed by atoms with Crippen LogP contribution in [0.3, 0.4) is 0 Å². The van der Waals surface area contributed by atoms with Crippen LogP contribution in [-0.4, -0.2) is 25.2 Å². The number of nitrogens with one attached hydrogen (secondary N) is 1. The number of hydrogen-bond acceptors (Lipinski definition) is 3. The molecule has 0 aliphatic carbocycles. The Hall–Kier alpha value is -2.26. The van der Waals surface area contributed by atoms with Crippen LogP contribution in [-0.2, 0) is 21.4 Å². The van der Waals surface area contributed by atoms with E-state index >= 15 is 0 Å². The zero-order valence-electron chi connectivity index (χ0n) is 16.5. The van der Waals surface area contributed by atoms with Crippen LogP contribution in [0.25, 0.3) is 0 Å². The van der Waals surface area contributed by atoms with Crippen molar-refractivity contribution in [2.45, 2.75) is 18.4 Å². The first-order valence-electron chi connectivity index (χ1n) is 9.21. The minimum Gasteiger partial charge on any atom is -0.325 e. The van der Waals surface area contributed by atoms with E-state index in [0.29, 0.717) is 0 Å². The molecule has 0 saturated carbocycles. The largest absolute Gasteiger partial charge is 0.325 e. The Bertz CT molecular complexity index is 1190. The molecule has 9 heteroatoms. The second-order valence-electron chi connectivity index (χ2n) is 6.89. The number of hydrogen-bond donors (Lipinski definition) is 1. The highest BCUT2D eigenvalue weighted by Gasteiger charge is 2.27. The van der Waals surface area contributed by atoms with Crippen molar-refractivity contribution < 1.29 is 17.6 Å². The number of sulfonamides is 1. The van der Waals surface area contributed by atoms with Crippen molar-refractivity contribution in [1.82, 2.24) is 4.31 Å². The van der Waals surface area contributed by atoms with Crippen LogP contribution in [0.1, 0.15) is 11.1 Å². The molecule has 0 fully saturated rings. The molecule has 0 saturated heterocycles. The lowest BCUT2D eigenvalue weighted by atomic mass is 10.2. The predicted molar refractivity (Wildman–Crippen MR) is 123 cm³/mol. The first kappa shape index (κ1) is 23.4. The SMILES string of the molecule is Cc1ccc(S(=O)(=O)N(CC(=O)Nc2ccc(F)c(Cl)c2)Cc2ccc(Br)cc2)cc1. The second kappa shape index (κ2) is 9.91. The summed E-state index contributed by atoms with van der Waals surface area (Å²) in [5.41, 5.74) is 1.91. The van der Waals surface area contributed by atoms with E-state index in [9.17, 15) is 17.6 Å². The highest BCUT2D eigenvalue weighted by Crippen LogP contribution is 2.22. The molecule has 0 spiro atoms. The number of rotatable bonds is 7. The summed E-state index contributed by atoms with van der Waals surface area (Å²) < 4.78 is 41.8. The van der Waals surface area contributed by atoms with Gasteiger partial charge in [-0.3, -0.25) is 4.79 Å². The van der Waals surface area contributed by atoms with Crippen LogP contribution in [0.15, 0.2) is 76.1 Å². The summed E-state index contributed by atoms with van der Waals surface area (Å²) in [6, 6.07) is 17.3. The summed E-state index contributed by atoms with van der Waals surface area (Å²) in [6.45, 7) is 1.43. The van der Waals surface area contributed by atoms with E-state index in [4.69, 9.17) is 11.6 Å². The zero-order chi connectivity index (χ0) is 22.6. The smallest absolute Gasteiger partial charge is 0.243 e. The van der Waals surface area contributed by atoms with Gasteiger partial charge in [-0.05, 0) is 55.0 Å². The topological polar surface area (TPSA) is 66.5 Å². The van der Waals surface area contributed by atoms with Gasteiger partial charge >= 0.3 is 0 Å². The molecule has 1 N–H and O–H groups in total. The van der Waals surface area contributed by atoms with Crippen LogP contribution < -0.4 is 5.32 Å². The molecule has 0 unspecified atom stereocenters. The first-order chi connectivity index (χ1) is 14.6.